The molecular formula is C33H34O. The van der Waals surface area contributed by atoms with Crippen LogP contribution in [0.25, 0.3) is 0 Å². The molecule has 0 radical (unpaired) electrons. The van der Waals surface area contributed by atoms with Crippen molar-refractivity contribution in [2.45, 2.75) is 50.4 Å². The standard InChI is InChI=1S/C33H34O/c1-34-32-23-21-31(22-24-32)33(29-9-3-2-4-10-29)30-19-15-26(16-20-30)12-11-25-13-17-28(18-14-25)27-7-5-6-8-27/h2-4,9-10,13-24,27,33H,5-8,11-12H2,1H3. The topological polar surface area (TPSA) is 9.23 Å². The molecule has 1 aliphatic carbocycles. The van der Waals surface area contributed by atoms with Gasteiger partial charge in [-0.05, 0) is 77.1 Å². The third-order valence-corrected chi connectivity index (χ3v) is 7.40. The van der Waals surface area contributed by atoms with E-state index in [0.717, 1.165) is 24.5 Å². The fraction of sp³-hybridized carbons (Fsp3) is 0.273. The van der Waals surface area contributed by atoms with Crippen molar-refractivity contribution < 1.29 is 4.74 Å². The van der Waals surface area contributed by atoms with Gasteiger partial charge in [-0.1, -0.05) is 104 Å². The van der Waals surface area contributed by atoms with E-state index in [9.17, 15) is 0 Å². The van der Waals surface area contributed by atoms with Crippen molar-refractivity contribution in [3.8, 4) is 5.75 Å². The molecule has 1 atom stereocenters. The highest BCUT2D eigenvalue weighted by atomic mass is 16.5. The van der Waals surface area contributed by atoms with E-state index in [-0.39, 0.29) is 5.92 Å². The second kappa shape index (κ2) is 10.7. The van der Waals surface area contributed by atoms with Crippen molar-refractivity contribution in [2.75, 3.05) is 7.11 Å². The number of ether oxygens (including phenoxy) is 1. The number of hydrogen-bond acceptors (Lipinski definition) is 1. The van der Waals surface area contributed by atoms with Crippen LogP contribution in [0.3, 0.4) is 0 Å². The first-order chi connectivity index (χ1) is 16.8. The summed E-state index contributed by atoms with van der Waals surface area (Å²) in [4.78, 5) is 0. The van der Waals surface area contributed by atoms with Gasteiger partial charge >= 0.3 is 0 Å². The first-order valence-electron chi connectivity index (χ1n) is 12.7. The predicted molar refractivity (Wildman–Crippen MR) is 142 cm³/mol. The van der Waals surface area contributed by atoms with Gasteiger partial charge in [-0.25, -0.2) is 0 Å². The molecule has 1 nitrogen and oxygen atoms in total. The normalized spacial score (nSPS) is 14.7. The molecule has 34 heavy (non-hydrogen) atoms. The molecule has 0 spiro atoms. The Labute approximate surface area is 204 Å². The molecule has 1 fully saturated rings. The van der Waals surface area contributed by atoms with Gasteiger partial charge in [0.2, 0.25) is 0 Å². The first-order valence-corrected chi connectivity index (χ1v) is 12.7. The zero-order chi connectivity index (χ0) is 23.2. The van der Waals surface area contributed by atoms with Crippen molar-refractivity contribution in [3.05, 3.63) is 137 Å². The highest BCUT2D eigenvalue weighted by Crippen LogP contribution is 2.35. The van der Waals surface area contributed by atoms with Crippen LogP contribution in [-0.2, 0) is 12.8 Å². The summed E-state index contributed by atoms with van der Waals surface area (Å²) in [5.74, 6) is 1.90. The molecule has 1 aliphatic rings. The van der Waals surface area contributed by atoms with E-state index >= 15 is 0 Å². The van der Waals surface area contributed by atoms with Crippen LogP contribution in [0.4, 0.5) is 0 Å². The van der Waals surface area contributed by atoms with Crippen molar-refractivity contribution in [2.24, 2.45) is 0 Å². The maximum absolute atomic E-state index is 5.37. The molecule has 5 rings (SSSR count). The van der Waals surface area contributed by atoms with Crippen LogP contribution in [0.5, 0.6) is 5.75 Å². The zero-order valence-corrected chi connectivity index (χ0v) is 20.1. The Morgan fingerprint density at radius 2 is 1.12 bits per heavy atom. The summed E-state index contributed by atoms with van der Waals surface area (Å²) < 4.78 is 5.37. The molecule has 0 N–H and O–H groups in total. The Hall–Kier alpha value is -3.32. The number of hydrogen-bond donors (Lipinski definition) is 0. The highest BCUT2D eigenvalue weighted by Gasteiger charge is 2.18. The minimum absolute atomic E-state index is 0.212. The fourth-order valence-corrected chi connectivity index (χ4v) is 5.40. The summed E-state index contributed by atoms with van der Waals surface area (Å²) in [6.07, 6.45) is 7.68. The smallest absolute Gasteiger partial charge is 0.118 e. The molecule has 0 saturated heterocycles. The molecule has 1 saturated carbocycles. The molecule has 4 aromatic rings. The Morgan fingerprint density at radius 1 is 0.618 bits per heavy atom. The van der Waals surface area contributed by atoms with E-state index in [1.54, 1.807) is 7.11 Å². The van der Waals surface area contributed by atoms with Gasteiger partial charge in [0.1, 0.15) is 5.75 Å². The third kappa shape index (κ3) is 5.25. The van der Waals surface area contributed by atoms with Crippen LogP contribution in [0.15, 0.2) is 103 Å². The minimum atomic E-state index is 0.212. The van der Waals surface area contributed by atoms with E-state index in [1.165, 1.54) is 59.1 Å². The summed E-state index contributed by atoms with van der Waals surface area (Å²) >= 11 is 0. The second-order valence-electron chi connectivity index (χ2n) is 9.58. The number of rotatable bonds is 8. The second-order valence-corrected chi connectivity index (χ2v) is 9.58. The maximum atomic E-state index is 5.37. The van der Waals surface area contributed by atoms with E-state index in [4.69, 9.17) is 4.74 Å². The van der Waals surface area contributed by atoms with Crippen molar-refractivity contribution in [1.29, 1.82) is 0 Å². The summed E-state index contributed by atoms with van der Waals surface area (Å²) in [5, 5.41) is 0. The third-order valence-electron chi connectivity index (χ3n) is 7.40. The van der Waals surface area contributed by atoms with Gasteiger partial charge in [0.25, 0.3) is 0 Å². The molecule has 0 bridgehead atoms. The zero-order valence-electron chi connectivity index (χ0n) is 20.1. The number of methoxy groups -OCH3 is 1. The monoisotopic (exact) mass is 446 g/mol. The van der Waals surface area contributed by atoms with Gasteiger partial charge in [0.05, 0.1) is 7.11 Å². The molecule has 0 amide bonds. The van der Waals surface area contributed by atoms with Crippen LogP contribution in [-0.4, -0.2) is 7.11 Å². The van der Waals surface area contributed by atoms with E-state index in [2.05, 4.69) is 103 Å². The molecule has 0 aromatic heterocycles. The quantitative estimate of drug-likeness (QED) is 0.247. The van der Waals surface area contributed by atoms with Crippen LogP contribution < -0.4 is 4.74 Å². The molecule has 0 aliphatic heterocycles. The number of benzene rings is 4. The minimum Gasteiger partial charge on any atom is -0.497 e. The Bertz CT molecular complexity index is 1150. The maximum Gasteiger partial charge on any atom is 0.118 e. The Kier molecular flexibility index (Phi) is 7.10. The lowest BCUT2D eigenvalue weighted by Gasteiger charge is -2.19. The predicted octanol–water partition coefficient (Wildman–Crippen LogP) is 8.32. The van der Waals surface area contributed by atoms with E-state index < -0.39 is 0 Å². The van der Waals surface area contributed by atoms with Crippen LogP contribution in [0.1, 0.15) is 70.9 Å². The van der Waals surface area contributed by atoms with Crippen LogP contribution in [0.2, 0.25) is 0 Å². The van der Waals surface area contributed by atoms with Gasteiger partial charge in [0, 0.05) is 5.92 Å². The lowest BCUT2D eigenvalue weighted by Crippen LogP contribution is -2.04. The Morgan fingerprint density at radius 3 is 1.68 bits per heavy atom. The molecule has 172 valence electrons. The van der Waals surface area contributed by atoms with Crippen LogP contribution >= 0.6 is 0 Å². The lowest BCUT2D eigenvalue weighted by atomic mass is 9.84. The van der Waals surface area contributed by atoms with Crippen molar-refractivity contribution in [3.63, 3.8) is 0 Å². The molecule has 0 heterocycles. The van der Waals surface area contributed by atoms with E-state index in [1.807, 2.05) is 0 Å². The van der Waals surface area contributed by atoms with Gasteiger partial charge in [0.15, 0.2) is 0 Å². The van der Waals surface area contributed by atoms with Gasteiger partial charge in [-0.15, -0.1) is 0 Å². The molecule has 1 unspecified atom stereocenters. The summed E-state index contributed by atoms with van der Waals surface area (Å²) in [5.41, 5.74) is 8.28. The van der Waals surface area contributed by atoms with Crippen LogP contribution in [0, 0.1) is 0 Å². The fourth-order valence-electron chi connectivity index (χ4n) is 5.40. The van der Waals surface area contributed by atoms with Gasteiger partial charge in [-0.3, -0.25) is 0 Å². The summed E-state index contributed by atoms with van der Waals surface area (Å²) in [6, 6.07) is 37.9. The lowest BCUT2D eigenvalue weighted by molar-refractivity contribution is 0.414. The molecule has 1 heteroatoms. The van der Waals surface area contributed by atoms with Crippen molar-refractivity contribution >= 4 is 0 Å². The van der Waals surface area contributed by atoms with Crippen molar-refractivity contribution in [1.82, 2.24) is 0 Å². The highest BCUT2D eigenvalue weighted by molar-refractivity contribution is 5.45. The summed E-state index contributed by atoms with van der Waals surface area (Å²) in [6.45, 7) is 0. The summed E-state index contributed by atoms with van der Waals surface area (Å²) in [7, 11) is 1.71. The average Bonchev–Trinajstić information content (AvgIpc) is 3.45. The van der Waals surface area contributed by atoms with Gasteiger partial charge < -0.3 is 4.74 Å². The molecular weight excluding hydrogens is 412 g/mol. The van der Waals surface area contributed by atoms with E-state index in [0.29, 0.717) is 0 Å². The average molecular weight is 447 g/mol. The Balaban J connectivity index is 1.29. The van der Waals surface area contributed by atoms with Gasteiger partial charge in [-0.2, -0.15) is 0 Å². The number of aryl methyl sites for hydroxylation is 2. The first kappa shape index (κ1) is 22.5. The largest absolute Gasteiger partial charge is 0.497 e. The SMILES string of the molecule is COc1ccc(C(c2ccccc2)c2ccc(CCc3ccc(C4CCCC4)cc3)cc2)cc1. The molecule has 4 aromatic carbocycles.